The van der Waals surface area contributed by atoms with Gasteiger partial charge in [-0.05, 0) is 19.1 Å². The lowest BCUT2D eigenvalue weighted by molar-refractivity contribution is 0.754. The molecule has 0 aliphatic rings. The highest BCUT2D eigenvalue weighted by molar-refractivity contribution is 6.16. The van der Waals surface area contributed by atoms with Crippen LogP contribution in [0.25, 0.3) is 11.0 Å². The van der Waals surface area contributed by atoms with E-state index in [2.05, 4.69) is 20.7 Å². The SMILES string of the molecule is Cc1nn(C)cc1Cn1c(CCl)nc2ccccc21. The summed E-state index contributed by atoms with van der Waals surface area (Å²) in [7, 11) is 1.94. The minimum Gasteiger partial charge on any atom is -0.322 e. The van der Waals surface area contributed by atoms with Crippen LogP contribution in [0.15, 0.2) is 30.5 Å². The number of imidazole rings is 1. The van der Waals surface area contributed by atoms with Crippen LogP contribution < -0.4 is 0 Å². The minimum absolute atomic E-state index is 0.411. The average Bonchev–Trinajstić information content (AvgIpc) is 2.91. The first-order chi connectivity index (χ1) is 9.19. The van der Waals surface area contributed by atoms with E-state index in [9.17, 15) is 0 Å². The Balaban J connectivity index is 2.11. The van der Waals surface area contributed by atoms with E-state index in [4.69, 9.17) is 11.6 Å². The van der Waals surface area contributed by atoms with Gasteiger partial charge in [0.2, 0.25) is 0 Å². The van der Waals surface area contributed by atoms with Crippen molar-refractivity contribution in [2.24, 2.45) is 7.05 Å². The van der Waals surface area contributed by atoms with Crippen LogP contribution in [0, 0.1) is 6.92 Å². The third kappa shape index (κ3) is 2.12. The maximum atomic E-state index is 6.01. The van der Waals surface area contributed by atoms with Gasteiger partial charge in [-0.1, -0.05) is 12.1 Å². The molecule has 1 aromatic carbocycles. The lowest BCUT2D eigenvalue weighted by Gasteiger charge is -2.06. The minimum atomic E-state index is 0.411. The molecule has 0 N–H and O–H groups in total. The molecule has 5 heteroatoms. The predicted molar refractivity (Wildman–Crippen MR) is 76.3 cm³/mol. The molecule has 0 bridgehead atoms. The third-order valence-electron chi connectivity index (χ3n) is 3.30. The molecule has 0 aliphatic heterocycles. The number of aryl methyl sites for hydroxylation is 2. The Morgan fingerprint density at radius 3 is 2.74 bits per heavy atom. The van der Waals surface area contributed by atoms with Crippen LogP contribution in [0.1, 0.15) is 17.1 Å². The molecule has 3 aromatic rings. The van der Waals surface area contributed by atoms with Crippen molar-refractivity contribution >= 4 is 22.6 Å². The molecule has 0 spiro atoms. The van der Waals surface area contributed by atoms with Gasteiger partial charge in [0.05, 0.1) is 29.2 Å². The van der Waals surface area contributed by atoms with Crippen LogP contribution in [0.4, 0.5) is 0 Å². The van der Waals surface area contributed by atoms with Gasteiger partial charge < -0.3 is 4.57 Å². The second-order valence-electron chi connectivity index (χ2n) is 4.65. The van der Waals surface area contributed by atoms with Gasteiger partial charge in [-0.25, -0.2) is 4.98 Å². The Bertz CT molecular complexity index is 726. The van der Waals surface area contributed by atoms with Crippen molar-refractivity contribution in [3.05, 3.63) is 47.5 Å². The van der Waals surface area contributed by atoms with Crippen LogP contribution >= 0.6 is 11.6 Å². The summed E-state index contributed by atoms with van der Waals surface area (Å²) in [4.78, 5) is 4.57. The summed E-state index contributed by atoms with van der Waals surface area (Å²) in [5.74, 6) is 1.31. The molecule has 0 radical (unpaired) electrons. The van der Waals surface area contributed by atoms with Crippen LogP contribution in [0.2, 0.25) is 0 Å². The van der Waals surface area contributed by atoms with E-state index in [0.29, 0.717) is 5.88 Å². The molecule has 3 rings (SSSR count). The fourth-order valence-corrected chi connectivity index (χ4v) is 2.58. The summed E-state index contributed by atoms with van der Waals surface area (Å²) >= 11 is 6.01. The smallest absolute Gasteiger partial charge is 0.125 e. The number of halogens is 1. The summed E-state index contributed by atoms with van der Waals surface area (Å²) in [5, 5.41) is 4.38. The standard InChI is InChI=1S/C14H15ClN4/c1-10-11(8-18(2)17-10)9-19-13-6-4-3-5-12(13)16-14(19)7-15/h3-6,8H,7,9H2,1-2H3. The largest absolute Gasteiger partial charge is 0.322 e. The van der Waals surface area contributed by atoms with E-state index in [0.717, 1.165) is 29.1 Å². The van der Waals surface area contributed by atoms with Crippen molar-refractivity contribution in [1.29, 1.82) is 0 Å². The normalized spacial score (nSPS) is 11.3. The van der Waals surface area contributed by atoms with Crippen molar-refractivity contribution < 1.29 is 0 Å². The Morgan fingerprint density at radius 2 is 2.05 bits per heavy atom. The number of fused-ring (bicyclic) bond motifs is 1. The second kappa shape index (κ2) is 4.70. The molecule has 0 aliphatic carbocycles. The number of hydrogen-bond acceptors (Lipinski definition) is 2. The molecule has 0 atom stereocenters. The van der Waals surface area contributed by atoms with Gasteiger partial charge in [-0.15, -0.1) is 11.6 Å². The van der Waals surface area contributed by atoms with Crippen molar-refractivity contribution in [3.8, 4) is 0 Å². The molecule has 2 aromatic heterocycles. The van der Waals surface area contributed by atoms with Crippen molar-refractivity contribution in [2.75, 3.05) is 0 Å². The quantitative estimate of drug-likeness (QED) is 0.689. The summed E-state index contributed by atoms with van der Waals surface area (Å²) in [6.45, 7) is 2.77. The zero-order chi connectivity index (χ0) is 13.4. The van der Waals surface area contributed by atoms with Crippen molar-refractivity contribution in [1.82, 2.24) is 19.3 Å². The molecule has 0 amide bonds. The molecule has 0 unspecified atom stereocenters. The highest BCUT2D eigenvalue weighted by Gasteiger charge is 2.12. The Kier molecular flexibility index (Phi) is 3.03. The summed E-state index contributed by atoms with van der Waals surface area (Å²) < 4.78 is 4.00. The van der Waals surface area contributed by atoms with Gasteiger partial charge in [-0.3, -0.25) is 4.68 Å². The number of nitrogens with zero attached hydrogens (tertiary/aromatic N) is 4. The number of alkyl halides is 1. The van der Waals surface area contributed by atoms with Gasteiger partial charge in [0.1, 0.15) is 5.82 Å². The van der Waals surface area contributed by atoms with Gasteiger partial charge in [0.25, 0.3) is 0 Å². The number of para-hydroxylation sites is 2. The predicted octanol–water partition coefficient (Wildman–Crippen LogP) is 2.87. The first kappa shape index (κ1) is 12.2. The molecule has 98 valence electrons. The Morgan fingerprint density at radius 1 is 1.26 bits per heavy atom. The van der Waals surface area contributed by atoms with E-state index >= 15 is 0 Å². The summed E-state index contributed by atoms with van der Waals surface area (Å²) in [6, 6.07) is 8.10. The molecule has 0 fully saturated rings. The zero-order valence-electron chi connectivity index (χ0n) is 11.0. The number of benzene rings is 1. The van der Waals surface area contributed by atoms with Crippen molar-refractivity contribution in [3.63, 3.8) is 0 Å². The average molecular weight is 275 g/mol. The molecule has 19 heavy (non-hydrogen) atoms. The fraction of sp³-hybridized carbons (Fsp3) is 0.286. The highest BCUT2D eigenvalue weighted by Crippen LogP contribution is 2.19. The van der Waals surface area contributed by atoms with Crippen LogP contribution in [-0.4, -0.2) is 19.3 Å². The van der Waals surface area contributed by atoms with Gasteiger partial charge in [-0.2, -0.15) is 5.10 Å². The van der Waals surface area contributed by atoms with Crippen LogP contribution in [0.5, 0.6) is 0 Å². The lowest BCUT2D eigenvalue weighted by atomic mass is 10.2. The van der Waals surface area contributed by atoms with Crippen LogP contribution in [0.3, 0.4) is 0 Å². The van der Waals surface area contributed by atoms with Gasteiger partial charge in [0.15, 0.2) is 0 Å². The molecular formula is C14H15ClN4. The molecular weight excluding hydrogens is 260 g/mol. The second-order valence-corrected chi connectivity index (χ2v) is 4.92. The Hall–Kier alpha value is -1.81. The summed E-state index contributed by atoms with van der Waals surface area (Å²) in [5.41, 5.74) is 4.33. The lowest BCUT2D eigenvalue weighted by Crippen LogP contribution is -2.04. The monoisotopic (exact) mass is 274 g/mol. The topological polar surface area (TPSA) is 35.6 Å². The zero-order valence-corrected chi connectivity index (χ0v) is 11.7. The number of aromatic nitrogens is 4. The maximum Gasteiger partial charge on any atom is 0.125 e. The molecule has 4 nitrogen and oxygen atoms in total. The first-order valence-electron chi connectivity index (χ1n) is 6.18. The first-order valence-corrected chi connectivity index (χ1v) is 6.71. The highest BCUT2D eigenvalue weighted by atomic mass is 35.5. The van der Waals surface area contributed by atoms with Crippen molar-refractivity contribution in [2.45, 2.75) is 19.3 Å². The van der Waals surface area contributed by atoms with E-state index < -0.39 is 0 Å². The van der Waals surface area contributed by atoms with E-state index in [1.54, 1.807) is 0 Å². The molecule has 0 saturated carbocycles. The Labute approximate surface area is 116 Å². The van der Waals surface area contributed by atoms with Gasteiger partial charge in [0, 0.05) is 18.8 Å². The van der Waals surface area contributed by atoms with E-state index in [1.807, 2.05) is 43.0 Å². The van der Waals surface area contributed by atoms with E-state index in [-0.39, 0.29) is 0 Å². The third-order valence-corrected chi connectivity index (χ3v) is 3.54. The number of hydrogen-bond donors (Lipinski definition) is 0. The van der Waals surface area contributed by atoms with E-state index in [1.165, 1.54) is 5.56 Å². The van der Waals surface area contributed by atoms with Crippen LogP contribution in [-0.2, 0) is 19.5 Å². The molecule has 0 saturated heterocycles. The fourth-order valence-electron chi connectivity index (χ4n) is 2.38. The number of rotatable bonds is 3. The molecule has 2 heterocycles. The summed E-state index contributed by atoms with van der Waals surface area (Å²) in [6.07, 6.45) is 2.04. The van der Waals surface area contributed by atoms with Gasteiger partial charge >= 0.3 is 0 Å². The maximum absolute atomic E-state index is 6.01.